The van der Waals surface area contributed by atoms with E-state index >= 15 is 0 Å². The Balaban J connectivity index is 2.19. The zero-order valence-corrected chi connectivity index (χ0v) is 17.5. The zero-order valence-electron chi connectivity index (χ0n) is 13.1. The van der Waals surface area contributed by atoms with Crippen LogP contribution in [0.3, 0.4) is 0 Å². The summed E-state index contributed by atoms with van der Waals surface area (Å²) in [5.41, 5.74) is 0.646. The van der Waals surface area contributed by atoms with Gasteiger partial charge in [-0.2, -0.15) is 0 Å². The Kier molecular flexibility index (Phi) is 6.57. The van der Waals surface area contributed by atoms with Crippen molar-refractivity contribution in [1.82, 2.24) is 4.98 Å². The summed E-state index contributed by atoms with van der Waals surface area (Å²) in [6.07, 6.45) is 0. The summed E-state index contributed by atoms with van der Waals surface area (Å²) >= 11 is 1.50. The van der Waals surface area contributed by atoms with Crippen molar-refractivity contribution in [3.8, 4) is 10.4 Å². The van der Waals surface area contributed by atoms with Crippen molar-refractivity contribution in [3.63, 3.8) is 0 Å². The molecular formula is C15H7F2NO4P4S. The van der Waals surface area contributed by atoms with Crippen LogP contribution in [0.4, 0.5) is 8.39 Å². The van der Waals surface area contributed by atoms with Crippen LogP contribution in [-0.2, 0) is 9.05 Å². The van der Waals surface area contributed by atoms with Gasteiger partial charge in [-0.25, -0.2) is 0 Å². The topological polar surface area (TPSA) is 65.5 Å². The van der Waals surface area contributed by atoms with Crippen molar-refractivity contribution >= 4 is 66.0 Å². The van der Waals surface area contributed by atoms with Crippen molar-refractivity contribution in [3.05, 3.63) is 53.0 Å². The molecule has 12 heteroatoms. The first-order chi connectivity index (χ1) is 12.8. The molecule has 0 aliphatic carbocycles. The van der Waals surface area contributed by atoms with Crippen LogP contribution >= 0.6 is 43.1 Å². The number of carbonyl (C=O) groups is 2. The summed E-state index contributed by atoms with van der Waals surface area (Å²) in [5.74, 6) is -2.11. The molecule has 0 saturated heterocycles. The van der Waals surface area contributed by atoms with Gasteiger partial charge in [0, 0.05) is 0 Å². The molecule has 0 spiro atoms. The second-order valence-corrected chi connectivity index (χ2v) is 9.08. The SMILES string of the molecule is O=C(OP(F)#P)c1cc(C(=O)OP(F)#P)c2cc(-c3cccs3)ccc2n1. The molecule has 3 rings (SSSR count). The van der Waals surface area contributed by atoms with Gasteiger partial charge >= 0.3 is 161 Å². The van der Waals surface area contributed by atoms with E-state index in [2.05, 4.69) is 30.7 Å². The Morgan fingerprint density at radius 3 is 2.37 bits per heavy atom. The number of carbonyl (C=O) groups excluding carboxylic acids is 2. The van der Waals surface area contributed by atoms with Crippen LogP contribution in [0.2, 0.25) is 0 Å². The third-order valence-electron chi connectivity index (χ3n) is 3.36. The summed E-state index contributed by atoms with van der Waals surface area (Å²) in [6, 6.07) is 9.88. The van der Waals surface area contributed by atoms with Gasteiger partial charge in [0.25, 0.3) is 0 Å². The first-order valence-corrected chi connectivity index (χ1v) is 12.6. The molecule has 2 aromatic heterocycles. The van der Waals surface area contributed by atoms with Gasteiger partial charge in [0.05, 0.1) is 0 Å². The van der Waals surface area contributed by atoms with Crippen molar-refractivity contribution < 1.29 is 27.0 Å². The fourth-order valence-electron chi connectivity index (χ4n) is 2.33. The van der Waals surface area contributed by atoms with Crippen molar-refractivity contribution in [2.45, 2.75) is 0 Å². The van der Waals surface area contributed by atoms with Gasteiger partial charge in [0.1, 0.15) is 0 Å². The van der Waals surface area contributed by atoms with Gasteiger partial charge < -0.3 is 0 Å². The van der Waals surface area contributed by atoms with Gasteiger partial charge in [0.15, 0.2) is 0 Å². The van der Waals surface area contributed by atoms with E-state index in [1.165, 1.54) is 11.3 Å². The summed E-state index contributed by atoms with van der Waals surface area (Å²) in [5, 5.41) is 2.25. The second kappa shape index (κ2) is 8.73. The summed E-state index contributed by atoms with van der Waals surface area (Å²) < 4.78 is 35.0. The molecule has 0 bridgehead atoms. The number of thiophene rings is 1. The first-order valence-electron chi connectivity index (χ1n) is 7.08. The number of halogens is 2. The Morgan fingerprint density at radius 2 is 1.74 bits per heavy atom. The van der Waals surface area contributed by atoms with Crippen LogP contribution in [0, 0.1) is 0 Å². The molecule has 2 heterocycles. The average molecular weight is 459 g/mol. The number of hydrogen-bond acceptors (Lipinski definition) is 6. The van der Waals surface area contributed by atoms with Crippen LogP contribution in [-0.4, -0.2) is 16.9 Å². The molecule has 136 valence electrons. The number of rotatable bonds is 3. The Hall–Kier alpha value is -1.41. The molecule has 0 saturated carbocycles. The van der Waals surface area contributed by atoms with Crippen LogP contribution in [0.15, 0.2) is 41.8 Å². The number of pyridine rings is 1. The molecule has 0 aliphatic heterocycles. The molecule has 3 aromatic rings. The number of benzene rings is 1. The molecule has 0 N–H and O–H groups in total. The van der Waals surface area contributed by atoms with E-state index in [9.17, 15) is 18.0 Å². The van der Waals surface area contributed by atoms with E-state index in [-0.39, 0.29) is 16.8 Å². The van der Waals surface area contributed by atoms with Crippen LogP contribution in [0.5, 0.6) is 0 Å². The predicted molar refractivity (Wildman–Crippen MR) is 106 cm³/mol. The van der Waals surface area contributed by atoms with Crippen molar-refractivity contribution in [2.75, 3.05) is 0 Å². The maximum atomic E-state index is 13.1. The molecule has 0 aliphatic rings. The fraction of sp³-hybridized carbons (Fsp3) is 0. The fourth-order valence-corrected chi connectivity index (χ4v) is 3.96. The normalized spacial score (nSPS) is 11.7. The third-order valence-corrected chi connectivity index (χ3v) is 5.40. The van der Waals surface area contributed by atoms with Gasteiger partial charge in [-0.05, 0) is 0 Å². The van der Waals surface area contributed by atoms with Crippen molar-refractivity contribution in [2.24, 2.45) is 0 Å². The molecule has 0 amide bonds. The molecule has 1 aromatic carbocycles. The van der Waals surface area contributed by atoms with E-state index < -0.39 is 27.1 Å². The number of hydrogen-bond donors (Lipinski definition) is 0. The quantitative estimate of drug-likeness (QED) is 0.380. The van der Waals surface area contributed by atoms with E-state index in [4.69, 9.17) is 0 Å². The molecule has 2 atom stereocenters. The Bertz CT molecular complexity index is 1200. The number of aromatic nitrogens is 1. The third kappa shape index (κ3) is 4.90. The number of nitrogens with zero attached hydrogens (tertiary/aromatic N) is 1. The molecule has 27 heavy (non-hydrogen) atoms. The summed E-state index contributed by atoms with van der Waals surface area (Å²) in [4.78, 5) is 29.3. The standard InChI is InChI=1S/C15H7F2NO4P4S/c16-25(23)21-14(19)10-7-12(15(20)22-26(17)24)18-11-4-3-8(6-9(10)11)13-2-1-5-27-13/h1-7H. The van der Waals surface area contributed by atoms with Gasteiger partial charge in [0.2, 0.25) is 0 Å². The molecular weight excluding hydrogens is 452 g/mol. The van der Waals surface area contributed by atoms with Crippen LogP contribution in [0.1, 0.15) is 20.8 Å². The van der Waals surface area contributed by atoms with E-state index in [0.29, 0.717) is 5.39 Å². The van der Waals surface area contributed by atoms with Gasteiger partial charge in [-0.15, -0.1) is 0 Å². The monoisotopic (exact) mass is 459 g/mol. The first kappa shape index (κ1) is 20.3. The minimum absolute atomic E-state index is 0.105. The second-order valence-electron chi connectivity index (χ2n) is 4.97. The van der Waals surface area contributed by atoms with E-state index in [1.54, 1.807) is 18.2 Å². The maximum absolute atomic E-state index is 13.1. The van der Waals surface area contributed by atoms with Crippen molar-refractivity contribution in [1.29, 1.82) is 0 Å². The Labute approximate surface area is 161 Å². The van der Waals surface area contributed by atoms with Gasteiger partial charge in [-0.3, -0.25) is 0 Å². The van der Waals surface area contributed by atoms with Crippen LogP contribution in [0.25, 0.3) is 21.3 Å². The molecule has 5 nitrogen and oxygen atoms in total. The van der Waals surface area contributed by atoms with E-state index in [0.717, 1.165) is 16.5 Å². The zero-order chi connectivity index (χ0) is 19.6. The minimum atomic E-state index is -2.76. The predicted octanol–water partition coefficient (Wildman–Crippen LogP) is 7.49. The molecule has 0 fully saturated rings. The molecule has 2 unspecified atom stereocenters. The van der Waals surface area contributed by atoms with E-state index in [1.807, 2.05) is 17.5 Å². The summed E-state index contributed by atoms with van der Waals surface area (Å²) in [6.45, 7) is 0. The molecule has 0 radical (unpaired) electrons. The van der Waals surface area contributed by atoms with Gasteiger partial charge in [-0.1, -0.05) is 0 Å². The summed E-state index contributed by atoms with van der Waals surface area (Å²) in [7, 11) is 1.34. The van der Waals surface area contributed by atoms with Crippen LogP contribution < -0.4 is 0 Å². The average Bonchev–Trinajstić information content (AvgIpc) is 3.13. The number of fused-ring (bicyclic) bond motifs is 1. The Morgan fingerprint density at radius 1 is 1.04 bits per heavy atom.